The van der Waals surface area contributed by atoms with Crippen LogP contribution in [-0.2, 0) is 17.5 Å². The molecule has 0 radical (unpaired) electrons. The van der Waals surface area contributed by atoms with Crippen LogP contribution in [0.5, 0.6) is 5.75 Å². The summed E-state index contributed by atoms with van der Waals surface area (Å²) in [4.78, 5) is 11.9. The molecule has 0 spiro atoms. The van der Waals surface area contributed by atoms with Gasteiger partial charge in [-0.3, -0.25) is 0 Å². The van der Waals surface area contributed by atoms with Crippen LogP contribution in [0.3, 0.4) is 0 Å². The molecule has 2 rings (SSSR count). The van der Waals surface area contributed by atoms with E-state index in [1.807, 2.05) is 0 Å². The maximum absolute atomic E-state index is 12.7. The molecular weight excluding hydrogens is 439 g/mol. The summed E-state index contributed by atoms with van der Waals surface area (Å²) in [5, 5.41) is 10.2. The predicted molar refractivity (Wildman–Crippen MR) is 119 cm³/mol. The van der Waals surface area contributed by atoms with E-state index in [1.54, 1.807) is 45.0 Å². The molecule has 0 aliphatic rings. The first-order valence-corrected chi connectivity index (χ1v) is 9.85. The molecule has 2 aromatic carbocycles. The van der Waals surface area contributed by atoms with E-state index in [1.165, 1.54) is 12.1 Å². The van der Waals surface area contributed by atoms with Gasteiger partial charge in [0.15, 0.2) is 0 Å². The number of halogens is 3. The van der Waals surface area contributed by atoms with Crippen LogP contribution >= 0.6 is 0 Å². The van der Waals surface area contributed by atoms with Gasteiger partial charge in [-0.2, -0.15) is 13.2 Å². The smallest absolute Gasteiger partial charge is 0.416 e. The van der Waals surface area contributed by atoms with E-state index in [0.717, 1.165) is 12.1 Å². The highest BCUT2D eigenvalue weighted by atomic mass is 19.4. The standard InChI is InChI=1S/C22H26F3N5O3/c1-21(2,3)33-20(31)28-12-18(29-30-19(26)27)15-6-10-17(11-7-15)32-13-14-4-8-16(9-5-14)22(23,24)25/h4-11H,12-13H2,1-3H3,(H,28,31)(H4,26,27,30)/b29-18+. The quantitative estimate of drug-likeness (QED) is 0.326. The van der Waals surface area contributed by atoms with Gasteiger partial charge in [0, 0.05) is 0 Å². The van der Waals surface area contributed by atoms with E-state index in [2.05, 4.69) is 15.5 Å². The van der Waals surface area contributed by atoms with Crippen molar-refractivity contribution in [1.29, 1.82) is 0 Å². The monoisotopic (exact) mass is 465 g/mol. The lowest BCUT2D eigenvalue weighted by Gasteiger charge is -2.19. The zero-order valence-electron chi connectivity index (χ0n) is 18.4. The second-order valence-electron chi connectivity index (χ2n) is 7.93. The third-order valence-corrected chi connectivity index (χ3v) is 3.96. The van der Waals surface area contributed by atoms with Crippen molar-refractivity contribution < 1.29 is 27.4 Å². The molecule has 1 amide bonds. The van der Waals surface area contributed by atoms with Gasteiger partial charge in [0.2, 0.25) is 5.96 Å². The summed E-state index contributed by atoms with van der Waals surface area (Å²) in [5.41, 5.74) is 10.9. The summed E-state index contributed by atoms with van der Waals surface area (Å²) in [7, 11) is 0. The van der Waals surface area contributed by atoms with Crippen molar-refractivity contribution in [3.05, 3.63) is 65.2 Å². The van der Waals surface area contributed by atoms with Gasteiger partial charge in [-0.25, -0.2) is 4.79 Å². The number of nitrogens with one attached hydrogen (secondary N) is 1. The maximum Gasteiger partial charge on any atom is 0.416 e. The van der Waals surface area contributed by atoms with E-state index < -0.39 is 23.4 Å². The number of ether oxygens (including phenoxy) is 2. The van der Waals surface area contributed by atoms with E-state index in [9.17, 15) is 18.0 Å². The minimum Gasteiger partial charge on any atom is -0.489 e. The van der Waals surface area contributed by atoms with Crippen molar-refractivity contribution in [3.8, 4) is 5.75 Å². The molecule has 33 heavy (non-hydrogen) atoms. The molecule has 0 aliphatic carbocycles. The number of amides is 1. The molecule has 0 unspecified atom stereocenters. The maximum atomic E-state index is 12.7. The number of alkyl carbamates (subject to hydrolysis) is 1. The summed E-state index contributed by atoms with van der Waals surface area (Å²) in [5.74, 6) is 0.237. The number of nitrogens with two attached hydrogens (primary N) is 2. The highest BCUT2D eigenvalue weighted by molar-refractivity contribution is 6.03. The molecular formula is C22H26F3N5O3. The minimum atomic E-state index is -4.38. The SMILES string of the molecule is CC(C)(C)OC(=O)NC/C(=N\N=C(N)N)c1ccc(OCc2ccc(C(F)(F)F)cc2)cc1. The van der Waals surface area contributed by atoms with Gasteiger partial charge < -0.3 is 26.3 Å². The van der Waals surface area contributed by atoms with Crippen LogP contribution in [0.4, 0.5) is 18.0 Å². The van der Waals surface area contributed by atoms with Crippen LogP contribution < -0.4 is 21.5 Å². The Labute approximate surface area is 189 Å². The molecule has 0 saturated carbocycles. The molecule has 178 valence electrons. The minimum absolute atomic E-state index is 0.00253. The number of rotatable bonds is 7. The van der Waals surface area contributed by atoms with Gasteiger partial charge in [0.1, 0.15) is 18.0 Å². The molecule has 0 aliphatic heterocycles. The fourth-order valence-corrected chi connectivity index (χ4v) is 2.48. The molecule has 0 heterocycles. The highest BCUT2D eigenvalue weighted by Crippen LogP contribution is 2.29. The molecule has 5 N–H and O–H groups in total. The average molecular weight is 465 g/mol. The first-order valence-electron chi connectivity index (χ1n) is 9.85. The van der Waals surface area contributed by atoms with Crippen LogP contribution in [0, 0.1) is 0 Å². The predicted octanol–water partition coefficient (Wildman–Crippen LogP) is 3.79. The van der Waals surface area contributed by atoms with Gasteiger partial charge in [0.05, 0.1) is 17.8 Å². The summed E-state index contributed by atoms with van der Waals surface area (Å²) < 4.78 is 48.8. The third-order valence-electron chi connectivity index (χ3n) is 3.96. The summed E-state index contributed by atoms with van der Waals surface area (Å²) in [6.45, 7) is 5.31. The first-order chi connectivity index (χ1) is 15.3. The highest BCUT2D eigenvalue weighted by Gasteiger charge is 2.29. The Bertz CT molecular complexity index is 992. The van der Waals surface area contributed by atoms with Crippen molar-refractivity contribution in [2.45, 2.75) is 39.2 Å². The largest absolute Gasteiger partial charge is 0.489 e. The Morgan fingerprint density at radius 1 is 0.970 bits per heavy atom. The van der Waals surface area contributed by atoms with Gasteiger partial charge in [-0.05, 0) is 68.3 Å². The molecule has 0 bridgehead atoms. The molecule has 2 aromatic rings. The molecule has 0 aromatic heterocycles. The van der Waals surface area contributed by atoms with Crippen LogP contribution in [0.2, 0.25) is 0 Å². The van der Waals surface area contributed by atoms with E-state index in [0.29, 0.717) is 22.6 Å². The van der Waals surface area contributed by atoms with Crippen molar-refractivity contribution in [2.75, 3.05) is 6.54 Å². The molecule has 0 fully saturated rings. The number of alkyl halides is 3. The lowest BCUT2D eigenvalue weighted by molar-refractivity contribution is -0.137. The Morgan fingerprint density at radius 2 is 1.58 bits per heavy atom. The van der Waals surface area contributed by atoms with Gasteiger partial charge in [-0.1, -0.05) is 12.1 Å². The Kier molecular flexibility index (Phi) is 8.27. The van der Waals surface area contributed by atoms with E-state index in [-0.39, 0.29) is 19.1 Å². The van der Waals surface area contributed by atoms with Crippen molar-refractivity contribution in [1.82, 2.24) is 5.32 Å². The summed E-state index contributed by atoms with van der Waals surface area (Å²) in [6.07, 6.45) is -5.01. The zero-order valence-corrected chi connectivity index (χ0v) is 18.4. The number of hydrogen-bond donors (Lipinski definition) is 3. The van der Waals surface area contributed by atoms with Crippen molar-refractivity contribution >= 4 is 17.8 Å². The van der Waals surface area contributed by atoms with Crippen molar-refractivity contribution in [2.24, 2.45) is 21.7 Å². The van der Waals surface area contributed by atoms with Crippen LogP contribution in [0.25, 0.3) is 0 Å². The topological polar surface area (TPSA) is 124 Å². The molecule has 11 heteroatoms. The Morgan fingerprint density at radius 3 is 2.09 bits per heavy atom. The number of hydrogen-bond acceptors (Lipinski definition) is 5. The number of nitrogens with zero attached hydrogens (tertiary/aromatic N) is 2. The first kappa shape index (κ1) is 25.5. The third kappa shape index (κ3) is 9.09. The molecule has 8 nitrogen and oxygen atoms in total. The second-order valence-corrected chi connectivity index (χ2v) is 7.93. The van der Waals surface area contributed by atoms with Gasteiger partial charge in [0.25, 0.3) is 0 Å². The fourth-order valence-electron chi connectivity index (χ4n) is 2.48. The summed E-state index contributed by atoms with van der Waals surface area (Å²) >= 11 is 0. The van der Waals surface area contributed by atoms with Crippen LogP contribution in [0.15, 0.2) is 58.7 Å². The van der Waals surface area contributed by atoms with E-state index in [4.69, 9.17) is 20.9 Å². The van der Waals surface area contributed by atoms with E-state index >= 15 is 0 Å². The second kappa shape index (κ2) is 10.7. The Hall–Kier alpha value is -3.76. The summed E-state index contributed by atoms with van der Waals surface area (Å²) in [6, 6.07) is 11.4. The molecule has 0 saturated heterocycles. The lowest BCUT2D eigenvalue weighted by Crippen LogP contribution is -2.35. The number of benzene rings is 2. The fraction of sp³-hybridized carbons (Fsp3) is 0.318. The lowest BCUT2D eigenvalue weighted by atomic mass is 10.1. The Balaban J connectivity index is 2.04. The van der Waals surface area contributed by atoms with Crippen LogP contribution in [-0.4, -0.2) is 29.9 Å². The number of carbonyl (C=O) groups is 1. The average Bonchev–Trinajstić information content (AvgIpc) is 2.71. The molecule has 0 atom stereocenters. The van der Waals surface area contributed by atoms with Gasteiger partial charge in [-0.15, -0.1) is 10.2 Å². The van der Waals surface area contributed by atoms with Gasteiger partial charge >= 0.3 is 12.3 Å². The van der Waals surface area contributed by atoms with Crippen molar-refractivity contribution in [3.63, 3.8) is 0 Å². The number of carbonyl (C=O) groups excluding carboxylic acids is 1. The van der Waals surface area contributed by atoms with Crippen LogP contribution in [0.1, 0.15) is 37.5 Å². The zero-order chi connectivity index (χ0) is 24.6. The normalized spacial score (nSPS) is 12.1. The number of guanidine groups is 1.